The van der Waals surface area contributed by atoms with Crippen LogP contribution in [0.3, 0.4) is 0 Å². The van der Waals surface area contributed by atoms with E-state index in [4.69, 9.17) is 5.21 Å². The van der Waals surface area contributed by atoms with E-state index in [0.717, 1.165) is 25.9 Å². The van der Waals surface area contributed by atoms with Crippen molar-refractivity contribution in [3.05, 3.63) is 65.2 Å². The van der Waals surface area contributed by atoms with Crippen LogP contribution >= 0.6 is 0 Å². The summed E-state index contributed by atoms with van der Waals surface area (Å²) < 4.78 is 0. The van der Waals surface area contributed by atoms with Crippen molar-refractivity contribution >= 4 is 11.6 Å². The van der Waals surface area contributed by atoms with Crippen molar-refractivity contribution in [2.75, 3.05) is 18.0 Å². The van der Waals surface area contributed by atoms with Crippen LogP contribution in [0.15, 0.2) is 48.5 Å². The molecule has 2 aliphatic rings. The van der Waals surface area contributed by atoms with E-state index in [1.165, 1.54) is 29.7 Å². The monoisotopic (exact) mass is 322 g/mol. The minimum atomic E-state index is -0.435. The summed E-state index contributed by atoms with van der Waals surface area (Å²) in [6.07, 6.45) is 4.48. The lowest BCUT2D eigenvalue weighted by molar-refractivity contribution is 0.0706. The number of hydroxylamine groups is 1. The van der Waals surface area contributed by atoms with Crippen LogP contribution in [-0.4, -0.2) is 24.2 Å². The fraction of sp³-hybridized carbons (Fsp3) is 0.350. The highest BCUT2D eigenvalue weighted by Crippen LogP contribution is 2.44. The van der Waals surface area contributed by atoms with Gasteiger partial charge in [0.1, 0.15) is 0 Å². The first-order chi connectivity index (χ1) is 11.7. The Labute approximate surface area is 142 Å². The highest BCUT2D eigenvalue weighted by atomic mass is 16.5. The number of benzene rings is 2. The van der Waals surface area contributed by atoms with E-state index in [0.29, 0.717) is 11.0 Å². The van der Waals surface area contributed by atoms with Crippen LogP contribution in [0.25, 0.3) is 0 Å². The third-order valence-electron chi connectivity index (χ3n) is 5.62. The second-order valence-corrected chi connectivity index (χ2v) is 7.11. The van der Waals surface area contributed by atoms with E-state index in [1.807, 2.05) is 12.1 Å². The van der Waals surface area contributed by atoms with Crippen LogP contribution in [0.5, 0.6) is 0 Å². The van der Waals surface area contributed by atoms with Crippen LogP contribution in [-0.2, 0) is 12.8 Å². The summed E-state index contributed by atoms with van der Waals surface area (Å²) in [6, 6.07) is 16.4. The lowest BCUT2D eigenvalue weighted by Crippen LogP contribution is -2.33. The van der Waals surface area contributed by atoms with Crippen molar-refractivity contribution in [2.24, 2.45) is 5.41 Å². The third-order valence-corrected chi connectivity index (χ3v) is 5.62. The van der Waals surface area contributed by atoms with Crippen molar-refractivity contribution in [3.8, 4) is 0 Å². The van der Waals surface area contributed by atoms with Crippen LogP contribution in [0, 0.1) is 5.41 Å². The summed E-state index contributed by atoms with van der Waals surface area (Å²) in [5.41, 5.74) is 6.47. The van der Waals surface area contributed by atoms with Gasteiger partial charge in [0.05, 0.1) is 0 Å². The van der Waals surface area contributed by atoms with Crippen molar-refractivity contribution in [2.45, 2.75) is 25.7 Å². The van der Waals surface area contributed by atoms with Gasteiger partial charge < -0.3 is 4.90 Å². The number of nitrogens with one attached hydrogen (secondary N) is 1. The molecule has 1 spiro atoms. The fourth-order valence-corrected chi connectivity index (χ4v) is 4.28. The number of rotatable bonds is 2. The maximum atomic E-state index is 11.7. The molecule has 4 rings (SSSR count). The van der Waals surface area contributed by atoms with E-state index in [1.54, 1.807) is 11.5 Å². The predicted molar refractivity (Wildman–Crippen MR) is 93.4 cm³/mol. The second-order valence-electron chi connectivity index (χ2n) is 7.11. The molecule has 1 heterocycles. The Hall–Kier alpha value is -2.33. The SMILES string of the molecule is O=C(NO)c1ccc2c(c1)C[C@@]1(CC2)CCN(c2ccccc2)C1. The predicted octanol–water partition coefficient (Wildman–Crippen LogP) is 3.19. The molecular formula is C20H22N2O2. The van der Waals surface area contributed by atoms with Gasteiger partial charge in [-0.2, -0.15) is 0 Å². The molecule has 2 aromatic rings. The van der Waals surface area contributed by atoms with Gasteiger partial charge in [0.25, 0.3) is 5.91 Å². The normalized spacial score (nSPS) is 22.5. The smallest absolute Gasteiger partial charge is 0.274 e. The lowest BCUT2D eigenvalue weighted by Gasteiger charge is -2.35. The number of para-hydroxylation sites is 1. The van der Waals surface area contributed by atoms with Crippen molar-refractivity contribution < 1.29 is 10.0 Å². The molecule has 0 unspecified atom stereocenters. The Morgan fingerprint density at radius 3 is 2.71 bits per heavy atom. The Morgan fingerprint density at radius 1 is 1.08 bits per heavy atom. The van der Waals surface area contributed by atoms with Crippen LogP contribution in [0.2, 0.25) is 0 Å². The zero-order valence-corrected chi connectivity index (χ0v) is 13.7. The second kappa shape index (κ2) is 5.95. The average Bonchev–Trinajstić information content (AvgIpc) is 3.04. The first-order valence-corrected chi connectivity index (χ1v) is 8.55. The summed E-state index contributed by atoms with van der Waals surface area (Å²) in [5, 5.41) is 8.85. The number of hydrogen-bond acceptors (Lipinski definition) is 3. The fourth-order valence-electron chi connectivity index (χ4n) is 4.28. The summed E-state index contributed by atoms with van der Waals surface area (Å²) in [6.45, 7) is 2.17. The highest BCUT2D eigenvalue weighted by Gasteiger charge is 2.40. The molecule has 24 heavy (non-hydrogen) atoms. The number of aryl methyl sites for hydroxylation is 1. The van der Waals surface area contributed by atoms with Crippen molar-refractivity contribution in [1.29, 1.82) is 0 Å². The van der Waals surface area contributed by atoms with Crippen LogP contribution < -0.4 is 10.4 Å². The quantitative estimate of drug-likeness (QED) is 0.659. The molecule has 1 amide bonds. The van der Waals surface area contributed by atoms with Gasteiger partial charge in [-0.25, -0.2) is 5.48 Å². The van der Waals surface area contributed by atoms with E-state index in [2.05, 4.69) is 35.2 Å². The van der Waals surface area contributed by atoms with Gasteiger partial charge in [-0.15, -0.1) is 0 Å². The number of fused-ring (bicyclic) bond motifs is 1. The molecule has 1 fully saturated rings. The molecule has 1 aliphatic carbocycles. The third kappa shape index (κ3) is 2.67. The number of anilines is 1. The number of carbonyl (C=O) groups excluding carboxylic acids is 1. The minimum Gasteiger partial charge on any atom is -0.371 e. The van der Waals surface area contributed by atoms with E-state index in [-0.39, 0.29) is 0 Å². The molecule has 0 saturated carbocycles. The van der Waals surface area contributed by atoms with Crippen LogP contribution in [0.4, 0.5) is 5.69 Å². The summed E-state index contributed by atoms with van der Waals surface area (Å²) >= 11 is 0. The summed E-state index contributed by atoms with van der Waals surface area (Å²) in [7, 11) is 0. The van der Waals surface area contributed by atoms with E-state index in [9.17, 15) is 4.79 Å². The first kappa shape index (κ1) is 15.2. The number of nitrogens with zero attached hydrogens (tertiary/aromatic N) is 1. The Morgan fingerprint density at radius 2 is 1.92 bits per heavy atom. The van der Waals surface area contributed by atoms with Crippen LogP contribution in [0.1, 0.15) is 34.3 Å². The number of hydrogen-bond donors (Lipinski definition) is 2. The number of carbonyl (C=O) groups is 1. The molecule has 0 radical (unpaired) electrons. The van der Waals surface area contributed by atoms with Gasteiger partial charge in [-0.05, 0) is 66.5 Å². The van der Waals surface area contributed by atoms with Gasteiger partial charge in [-0.3, -0.25) is 10.0 Å². The van der Waals surface area contributed by atoms with Crippen molar-refractivity contribution in [1.82, 2.24) is 5.48 Å². The van der Waals surface area contributed by atoms with Gasteiger partial charge in [0.15, 0.2) is 0 Å². The van der Waals surface area contributed by atoms with Gasteiger partial charge >= 0.3 is 0 Å². The van der Waals surface area contributed by atoms with E-state index < -0.39 is 5.91 Å². The molecule has 1 saturated heterocycles. The Bertz CT molecular complexity index is 759. The molecule has 1 aliphatic heterocycles. The molecule has 1 atom stereocenters. The summed E-state index contributed by atoms with van der Waals surface area (Å²) in [4.78, 5) is 14.2. The highest BCUT2D eigenvalue weighted by molar-refractivity contribution is 5.93. The largest absolute Gasteiger partial charge is 0.371 e. The summed E-state index contributed by atoms with van der Waals surface area (Å²) in [5.74, 6) is -0.435. The minimum absolute atomic E-state index is 0.303. The maximum absolute atomic E-state index is 11.7. The molecule has 0 bridgehead atoms. The van der Waals surface area contributed by atoms with Gasteiger partial charge in [0, 0.05) is 24.3 Å². The Balaban J connectivity index is 1.56. The molecule has 124 valence electrons. The van der Waals surface area contributed by atoms with Gasteiger partial charge in [0.2, 0.25) is 0 Å². The average molecular weight is 322 g/mol. The van der Waals surface area contributed by atoms with E-state index >= 15 is 0 Å². The van der Waals surface area contributed by atoms with Gasteiger partial charge in [-0.1, -0.05) is 24.3 Å². The maximum Gasteiger partial charge on any atom is 0.274 e. The molecular weight excluding hydrogens is 300 g/mol. The molecule has 0 aromatic heterocycles. The Kier molecular flexibility index (Phi) is 3.77. The standard InChI is InChI=1S/C20H22N2O2/c23-19(21-24)16-7-6-15-8-9-20(13-17(15)12-16)10-11-22(14-20)18-4-2-1-3-5-18/h1-7,12,24H,8-11,13-14H2,(H,21,23)/t20-/m1/s1. The molecule has 4 heteroatoms. The molecule has 2 aromatic carbocycles. The zero-order valence-electron chi connectivity index (χ0n) is 13.7. The zero-order chi connectivity index (χ0) is 16.6. The molecule has 4 nitrogen and oxygen atoms in total. The topological polar surface area (TPSA) is 52.6 Å². The van der Waals surface area contributed by atoms with Crippen molar-refractivity contribution in [3.63, 3.8) is 0 Å². The number of amides is 1. The molecule has 2 N–H and O–H groups in total. The first-order valence-electron chi connectivity index (χ1n) is 8.55. The lowest BCUT2D eigenvalue weighted by atomic mass is 9.71.